The number of carbonyl (C=O) groups excluding carboxylic acids is 1. The van der Waals surface area contributed by atoms with Crippen LogP contribution in [0.15, 0.2) is 54.6 Å². The van der Waals surface area contributed by atoms with Gasteiger partial charge in [0.25, 0.3) is 0 Å². The number of methoxy groups -OCH3 is 1. The zero-order valence-electron chi connectivity index (χ0n) is 13.3. The smallest absolute Gasteiger partial charge is 0.236 e. The molecule has 2 aromatic rings. The second-order valence-corrected chi connectivity index (χ2v) is 5.10. The van der Waals surface area contributed by atoms with E-state index in [0.717, 1.165) is 17.7 Å². The Bertz CT molecular complexity index is 588. The average Bonchev–Trinajstić information content (AvgIpc) is 2.59. The number of halogens is 1. The van der Waals surface area contributed by atoms with Crippen molar-refractivity contribution < 1.29 is 9.53 Å². The van der Waals surface area contributed by atoms with Gasteiger partial charge in [0.1, 0.15) is 5.75 Å². The monoisotopic (exact) mass is 334 g/mol. The molecule has 0 aromatic heterocycles. The van der Waals surface area contributed by atoms with E-state index < -0.39 is 0 Å². The number of benzene rings is 2. The molecule has 0 fully saturated rings. The van der Waals surface area contributed by atoms with Crippen LogP contribution in [0.25, 0.3) is 0 Å². The lowest BCUT2D eigenvalue weighted by Gasteiger charge is -2.22. The molecule has 0 aliphatic carbocycles. The van der Waals surface area contributed by atoms with Crippen molar-refractivity contribution in [1.29, 1.82) is 0 Å². The van der Waals surface area contributed by atoms with Crippen LogP contribution in [-0.2, 0) is 17.8 Å². The Balaban J connectivity index is 0.00000264. The molecule has 0 radical (unpaired) electrons. The number of hydrogen-bond acceptors (Lipinski definition) is 3. The molecule has 0 atom stereocenters. The Morgan fingerprint density at radius 1 is 1.04 bits per heavy atom. The number of amides is 1. The van der Waals surface area contributed by atoms with Crippen LogP contribution in [0.2, 0.25) is 0 Å². The standard InChI is InChI=1S/C18H22N2O2.ClH/c1-22-17-9-7-15(8-10-17)11-12-20(18(21)13-19)14-16-5-3-2-4-6-16;/h2-10H,11-14,19H2,1H3;1H. The minimum Gasteiger partial charge on any atom is -0.497 e. The van der Waals surface area contributed by atoms with Gasteiger partial charge in [-0.15, -0.1) is 12.4 Å². The SMILES string of the molecule is COc1ccc(CCN(Cc2ccccc2)C(=O)CN)cc1.Cl. The lowest BCUT2D eigenvalue weighted by atomic mass is 10.1. The summed E-state index contributed by atoms with van der Waals surface area (Å²) in [7, 11) is 1.65. The largest absolute Gasteiger partial charge is 0.497 e. The van der Waals surface area contributed by atoms with Crippen molar-refractivity contribution in [1.82, 2.24) is 4.90 Å². The Labute approximate surface area is 143 Å². The van der Waals surface area contributed by atoms with E-state index in [0.29, 0.717) is 13.1 Å². The summed E-state index contributed by atoms with van der Waals surface area (Å²) in [6, 6.07) is 17.9. The van der Waals surface area contributed by atoms with E-state index in [1.165, 1.54) is 5.56 Å². The molecule has 2 N–H and O–H groups in total. The molecule has 124 valence electrons. The molecule has 0 heterocycles. The van der Waals surface area contributed by atoms with Gasteiger partial charge in [0.05, 0.1) is 13.7 Å². The number of nitrogens with two attached hydrogens (primary N) is 1. The summed E-state index contributed by atoms with van der Waals surface area (Å²) in [5.41, 5.74) is 7.81. The summed E-state index contributed by atoms with van der Waals surface area (Å²) in [4.78, 5) is 13.8. The van der Waals surface area contributed by atoms with Crippen molar-refractivity contribution in [2.24, 2.45) is 5.73 Å². The van der Waals surface area contributed by atoms with E-state index in [-0.39, 0.29) is 24.9 Å². The third-order valence-electron chi connectivity index (χ3n) is 3.57. The van der Waals surface area contributed by atoms with Crippen molar-refractivity contribution in [2.45, 2.75) is 13.0 Å². The van der Waals surface area contributed by atoms with Crippen LogP contribution in [0.3, 0.4) is 0 Å². The van der Waals surface area contributed by atoms with Crippen LogP contribution in [0.5, 0.6) is 5.75 Å². The summed E-state index contributed by atoms with van der Waals surface area (Å²) >= 11 is 0. The molecule has 0 unspecified atom stereocenters. The third-order valence-corrected chi connectivity index (χ3v) is 3.57. The lowest BCUT2D eigenvalue weighted by Crippen LogP contribution is -2.36. The summed E-state index contributed by atoms with van der Waals surface area (Å²) in [5, 5.41) is 0. The predicted octanol–water partition coefficient (Wildman–Crippen LogP) is 2.65. The highest BCUT2D eigenvalue weighted by atomic mass is 35.5. The molecule has 0 spiro atoms. The van der Waals surface area contributed by atoms with E-state index in [1.54, 1.807) is 12.0 Å². The highest BCUT2D eigenvalue weighted by Gasteiger charge is 2.12. The van der Waals surface area contributed by atoms with Crippen molar-refractivity contribution in [3.63, 3.8) is 0 Å². The summed E-state index contributed by atoms with van der Waals surface area (Å²) in [6.07, 6.45) is 0.794. The van der Waals surface area contributed by atoms with Crippen molar-refractivity contribution in [3.8, 4) is 5.75 Å². The minimum atomic E-state index is -0.0302. The first-order chi connectivity index (χ1) is 10.7. The molecule has 0 bridgehead atoms. The van der Waals surface area contributed by atoms with Gasteiger partial charge in [-0.2, -0.15) is 0 Å². The predicted molar refractivity (Wildman–Crippen MR) is 94.9 cm³/mol. The van der Waals surface area contributed by atoms with Crippen molar-refractivity contribution in [2.75, 3.05) is 20.2 Å². The van der Waals surface area contributed by atoms with Gasteiger partial charge >= 0.3 is 0 Å². The number of ether oxygens (including phenoxy) is 1. The van der Waals surface area contributed by atoms with Gasteiger partial charge in [-0.05, 0) is 29.7 Å². The highest BCUT2D eigenvalue weighted by Crippen LogP contribution is 2.13. The highest BCUT2D eigenvalue weighted by molar-refractivity contribution is 5.85. The van der Waals surface area contributed by atoms with Gasteiger partial charge in [-0.25, -0.2) is 0 Å². The molecule has 2 rings (SSSR count). The maximum absolute atomic E-state index is 12.0. The van der Waals surface area contributed by atoms with Crippen LogP contribution >= 0.6 is 12.4 Å². The Morgan fingerprint density at radius 2 is 1.70 bits per heavy atom. The number of hydrogen-bond donors (Lipinski definition) is 1. The van der Waals surface area contributed by atoms with Gasteiger partial charge < -0.3 is 15.4 Å². The van der Waals surface area contributed by atoms with Crippen LogP contribution in [0.4, 0.5) is 0 Å². The molecule has 1 amide bonds. The van der Waals surface area contributed by atoms with Crippen LogP contribution < -0.4 is 10.5 Å². The lowest BCUT2D eigenvalue weighted by molar-refractivity contribution is -0.130. The molecule has 0 aliphatic rings. The first-order valence-electron chi connectivity index (χ1n) is 7.37. The Morgan fingerprint density at radius 3 is 2.26 bits per heavy atom. The molecule has 23 heavy (non-hydrogen) atoms. The number of nitrogens with zero attached hydrogens (tertiary/aromatic N) is 1. The summed E-state index contributed by atoms with van der Waals surface area (Å²) < 4.78 is 5.15. The maximum atomic E-state index is 12.0. The van der Waals surface area contributed by atoms with E-state index in [4.69, 9.17) is 10.5 Å². The maximum Gasteiger partial charge on any atom is 0.236 e. The Hall–Kier alpha value is -2.04. The molecule has 0 saturated carbocycles. The molecule has 2 aromatic carbocycles. The number of carbonyl (C=O) groups is 1. The van der Waals surface area contributed by atoms with Gasteiger partial charge in [-0.3, -0.25) is 4.79 Å². The van der Waals surface area contributed by atoms with Gasteiger partial charge in [0, 0.05) is 13.1 Å². The topological polar surface area (TPSA) is 55.6 Å². The zero-order valence-corrected chi connectivity index (χ0v) is 14.1. The molecule has 5 heteroatoms. The second kappa shape index (κ2) is 9.87. The van der Waals surface area contributed by atoms with E-state index in [1.807, 2.05) is 54.6 Å². The van der Waals surface area contributed by atoms with Crippen LogP contribution in [-0.4, -0.2) is 31.0 Å². The summed E-state index contributed by atoms with van der Waals surface area (Å²) in [5.74, 6) is 0.806. The van der Waals surface area contributed by atoms with Gasteiger partial charge in [-0.1, -0.05) is 42.5 Å². The van der Waals surface area contributed by atoms with Crippen molar-refractivity contribution >= 4 is 18.3 Å². The fourth-order valence-electron chi connectivity index (χ4n) is 2.28. The van der Waals surface area contributed by atoms with Gasteiger partial charge in [0.15, 0.2) is 0 Å². The zero-order chi connectivity index (χ0) is 15.8. The van der Waals surface area contributed by atoms with Crippen LogP contribution in [0.1, 0.15) is 11.1 Å². The Kier molecular flexibility index (Phi) is 8.16. The first kappa shape index (κ1) is 19.0. The van der Waals surface area contributed by atoms with Gasteiger partial charge in [0.2, 0.25) is 5.91 Å². The summed E-state index contributed by atoms with van der Waals surface area (Å²) in [6.45, 7) is 1.28. The molecule has 4 nitrogen and oxygen atoms in total. The molecule has 0 saturated heterocycles. The fourth-order valence-corrected chi connectivity index (χ4v) is 2.28. The van der Waals surface area contributed by atoms with E-state index in [2.05, 4.69) is 0 Å². The molecule has 0 aliphatic heterocycles. The number of rotatable bonds is 7. The first-order valence-corrected chi connectivity index (χ1v) is 7.37. The second-order valence-electron chi connectivity index (χ2n) is 5.10. The third kappa shape index (κ3) is 5.93. The minimum absolute atomic E-state index is 0. The van der Waals surface area contributed by atoms with Crippen molar-refractivity contribution in [3.05, 3.63) is 65.7 Å². The van der Waals surface area contributed by atoms with E-state index >= 15 is 0 Å². The molecular weight excluding hydrogens is 312 g/mol. The fraction of sp³-hybridized carbons (Fsp3) is 0.278. The average molecular weight is 335 g/mol. The molecular formula is C18H23ClN2O2. The van der Waals surface area contributed by atoms with Crippen LogP contribution in [0, 0.1) is 0 Å². The quantitative estimate of drug-likeness (QED) is 0.847. The van der Waals surface area contributed by atoms with E-state index in [9.17, 15) is 4.79 Å². The normalized spacial score (nSPS) is 9.83.